The molecule has 0 aliphatic heterocycles. The fourth-order valence-corrected chi connectivity index (χ4v) is 3.23. The van der Waals surface area contributed by atoms with Gasteiger partial charge in [0.25, 0.3) is 0 Å². The van der Waals surface area contributed by atoms with E-state index in [4.69, 9.17) is 4.74 Å². The Morgan fingerprint density at radius 1 is 1.11 bits per heavy atom. The van der Waals surface area contributed by atoms with Crippen molar-refractivity contribution in [3.63, 3.8) is 0 Å². The number of hydrogen-bond acceptors (Lipinski definition) is 3. The number of ether oxygens (including phenoxy) is 1. The van der Waals surface area contributed by atoms with E-state index in [1.807, 2.05) is 37.4 Å². The first kappa shape index (κ1) is 18.8. The van der Waals surface area contributed by atoms with E-state index < -0.39 is 23.7 Å². The van der Waals surface area contributed by atoms with Gasteiger partial charge in [-0.25, -0.2) is 9.59 Å². The predicted molar refractivity (Wildman–Crippen MR) is 105 cm³/mol. The smallest absolute Gasteiger partial charge is 0.408 e. The highest BCUT2D eigenvalue weighted by molar-refractivity contribution is 6.08. The van der Waals surface area contributed by atoms with Crippen LogP contribution in [-0.4, -0.2) is 33.4 Å². The van der Waals surface area contributed by atoms with Gasteiger partial charge < -0.3 is 19.7 Å². The Morgan fingerprint density at radius 2 is 1.78 bits per heavy atom. The van der Waals surface area contributed by atoms with Gasteiger partial charge in [-0.1, -0.05) is 24.3 Å². The lowest BCUT2D eigenvalue weighted by molar-refractivity contribution is -0.139. The molecule has 1 atom stereocenters. The van der Waals surface area contributed by atoms with Crippen LogP contribution in [0, 0.1) is 0 Å². The highest BCUT2D eigenvalue weighted by Crippen LogP contribution is 2.29. The number of hydrogen-bond donors (Lipinski definition) is 2. The van der Waals surface area contributed by atoms with Crippen LogP contribution in [0.3, 0.4) is 0 Å². The lowest BCUT2D eigenvalue weighted by atomic mass is 10.0. The molecule has 1 unspecified atom stereocenters. The third kappa shape index (κ3) is 4.05. The van der Waals surface area contributed by atoms with E-state index in [1.54, 1.807) is 20.8 Å². The first-order valence-electron chi connectivity index (χ1n) is 8.84. The van der Waals surface area contributed by atoms with Crippen LogP contribution in [0.1, 0.15) is 26.3 Å². The molecule has 0 aliphatic carbocycles. The molecular weight excluding hydrogens is 344 g/mol. The van der Waals surface area contributed by atoms with Crippen LogP contribution in [0.2, 0.25) is 0 Å². The molecular formula is C21H24N2O4. The molecule has 1 amide bonds. The number of carbonyl (C=O) groups excluding carboxylic acids is 1. The van der Waals surface area contributed by atoms with E-state index >= 15 is 0 Å². The van der Waals surface area contributed by atoms with E-state index in [0.29, 0.717) is 0 Å². The van der Waals surface area contributed by atoms with Crippen molar-refractivity contribution in [1.29, 1.82) is 0 Å². The number of carboxylic acid groups (broad SMARTS) is 1. The maximum absolute atomic E-state index is 12.0. The van der Waals surface area contributed by atoms with Crippen molar-refractivity contribution in [2.45, 2.75) is 38.8 Å². The molecule has 1 heterocycles. The number of carboxylic acids is 1. The first-order valence-corrected chi connectivity index (χ1v) is 8.84. The second kappa shape index (κ2) is 6.95. The van der Waals surface area contributed by atoms with E-state index in [2.05, 4.69) is 22.0 Å². The highest BCUT2D eigenvalue weighted by atomic mass is 16.6. The molecule has 6 nitrogen and oxygen atoms in total. The van der Waals surface area contributed by atoms with Crippen LogP contribution in [0.4, 0.5) is 4.79 Å². The predicted octanol–water partition coefficient (Wildman–Crippen LogP) is 3.85. The number of nitrogens with one attached hydrogen (secondary N) is 1. The average Bonchev–Trinajstić information content (AvgIpc) is 2.85. The maximum Gasteiger partial charge on any atom is 0.408 e. The summed E-state index contributed by atoms with van der Waals surface area (Å²) in [5, 5.41) is 14.1. The number of amides is 1. The summed E-state index contributed by atoms with van der Waals surface area (Å²) in [5.41, 5.74) is 2.34. The van der Waals surface area contributed by atoms with Crippen molar-refractivity contribution in [1.82, 2.24) is 9.88 Å². The lowest BCUT2D eigenvalue weighted by Gasteiger charge is -2.22. The van der Waals surface area contributed by atoms with Gasteiger partial charge in [-0.05, 0) is 44.5 Å². The summed E-state index contributed by atoms with van der Waals surface area (Å²) in [7, 11) is 2.01. The Balaban J connectivity index is 1.88. The standard InChI is InChI=1S/C21H24N2O4/c1-21(2,3)27-20(26)22-16(19(24)25)12-13-9-10-18-15(11-13)14-7-5-6-8-17(14)23(18)4/h5-11,16H,12H2,1-4H3,(H,22,26)(H,24,25). The maximum atomic E-state index is 12.0. The Labute approximate surface area is 157 Å². The third-order valence-corrected chi connectivity index (χ3v) is 4.41. The molecule has 1 aromatic heterocycles. The largest absolute Gasteiger partial charge is 0.480 e. The molecule has 0 bridgehead atoms. The van der Waals surface area contributed by atoms with Gasteiger partial charge in [0, 0.05) is 35.3 Å². The molecule has 142 valence electrons. The quantitative estimate of drug-likeness (QED) is 0.733. The molecule has 2 aromatic carbocycles. The van der Waals surface area contributed by atoms with Crippen LogP contribution in [0.15, 0.2) is 42.5 Å². The number of para-hydroxylation sites is 1. The van der Waals surface area contributed by atoms with Crippen molar-refractivity contribution < 1.29 is 19.4 Å². The number of benzene rings is 2. The van der Waals surface area contributed by atoms with Crippen LogP contribution in [0.25, 0.3) is 21.8 Å². The zero-order valence-electron chi connectivity index (χ0n) is 15.9. The van der Waals surface area contributed by atoms with Crippen molar-refractivity contribution in [2.75, 3.05) is 0 Å². The molecule has 3 rings (SSSR count). The zero-order valence-corrected chi connectivity index (χ0v) is 15.9. The van der Waals surface area contributed by atoms with Gasteiger partial charge in [0.15, 0.2) is 0 Å². The molecule has 27 heavy (non-hydrogen) atoms. The summed E-state index contributed by atoms with van der Waals surface area (Å²) in [6.07, 6.45) is -0.561. The zero-order chi connectivity index (χ0) is 19.8. The van der Waals surface area contributed by atoms with Gasteiger partial charge in [0.1, 0.15) is 11.6 Å². The van der Waals surface area contributed by atoms with Crippen molar-refractivity contribution in [2.24, 2.45) is 7.05 Å². The molecule has 0 radical (unpaired) electrons. The number of alkyl carbamates (subject to hydrolysis) is 1. The van der Waals surface area contributed by atoms with Gasteiger partial charge in [-0.3, -0.25) is 0 Å². The molecule has 0 spiro atoms. The van der Waals surface area contributed by atoms with Gasteiger partial charge >= 0.3 is 12.1 Å². The molecule has 0 aliphatic rings. The Kier molecular flexibility index (Phi) is 4.83. The van der Waals surface area contributed by atoms with Gasteiger partial charge in [-0.15, -0.1) is 0 Å². The molecule has 0 fully saturated rings. The summed E-state index contributed by atoms with van der Waals surface area (Å²) in [6, 6.07) is 12.9. The fraction of sp³-hybridized carbons (Fsp3) is 0.333. The topological polar surface area (TPSA) is 80.6 Å². The normalized spacial score (nSPS) is 12.9. The van der Waals surface area contributed by atoms with Gasteiger partial charge in [0.2, 0.25) is 0 Å². The number of aliphatic carboxylic acids is 1. The van der Waals surface area contributed by atoms with Crippen molar-refractivity contribution in [3.8, 4) is 0 Å². The number of nitrogens with zero attached hydrogens (tertiary/aromatic N) is 1. The number of aromatic nitrogens is 1. The molecule has 6 heteroatoms. The average molecular weight is 368 g/mol. The van der Waals surface area contributed by atoms with Crippen molar-refractivity contribution in [3.05, 3.63) is 48.0 Å². The minimum atomic E-state index is -1.10. The minimum absolute atomic E-state index is 0.174. The number of aryl methyl sites for hydroxylation is 1. The second-order valence-electron chi connectivity index (χ2n) is 7.67. The Morgan fingerprint density at radius 3 is 2.44 bits per heavy atom. The van der Waals surface area contributed by atoms with Crippen LogP contribution >= 0.6 is 0 Å². The lowest BCUT2D eigenvalue weighted by Crippen LogP contribution is -2.44. The Bertz CT molecular complexity index is 1010. The summed E-state index contributed by atoms with van der Waals surface area (Å²) < 4.78 is 7.28. The molecule has 2 N–H and O–H groups in total. The summed E-state index contributed by atoms with van der Waals surface area (Å²) in [5.74, 6) is -1.10. The van der Waals surface area contributed by atoms with E-state index in [9.17, 15) is 14.7 Å². The number of carbonyl (C=O) groups is 2. The second-order valence-corrected chi connectivity index (χ2v) is 7.67. The van der Waals surface area contributed by atoms with E-state index in [1.165, 1.54) is 0 Å². The summed E-state index contributed by atoms with van der Waals surface area (Å²) in [4.78, 5) is 23.6. The molecule has 3 aromatic rings. The van der Waals surface area contributed by atoms with E-state index in [-0.39, 0.29) is 6.42 Å². The monoisotopic (exact) mass is 368 g/mol. The SMILES string of the molecule is Cn1c2ccccc2c2cc(CC(NC(=O)OC(C)(C)C)C(=O)O)ccc21. The number of rotatable bonds is 4. The summed E-state index contributed by atoms with van der Waals surface area (Å²) >= 11 is 0. The van der Waals surface area contributed by atoms with E-state index in [0.717, 1.165) is 27.4 Å². The third-order valence-electron chi connectivity index (χ3n) is 4.41. The first-order chi connectivity index (χ1) is 12.7. The Hall–Kier alpha value is -3.02. The van der Waals surface area contributed by atoms with Crippen molar-refractivity contribution >= 4 is 33.9 Å². The fourth-order valence-electron chi connectivity index (χ4n) is 3.23. The number of fused-ring (bicyclic) bond motifs is 3. The highest BCUT2D eigenvalue weighted by Gasteiger charge is 2.24. The summed E-state index contributed by atoms with van der Waals surface area (Å²) in [6.45, 7) is 5.20. The van der Waals surface area contributed by atoms with Crippen LogP contribution in [-0.2, 0) is 23.0 Å². The van der Waals surface area contributed by atoms with Crippen LogP contribution in [0.5, 0.6) is 0 Å². The van der Waals surface area contributed by atoms with Crippen LogP contribution < -0.4 is 5.32 Å². The van der Waals surface area contributed by atoms with Gasteiger partial charge in [-0.2, -0.15) is 0 Å². The molecule has 0 saturated carbocycles. The molecule has 0 saturated heterocycles. The van der Waals surface area contributed by atoms with Gasteiger partial charge in [0.05, 0.1) is 0 Å². The minimum Gasteiger partial charge on any atom is -0.480 e.